The quantitative estimate of drug-likeness (QED) is 0.750. The van der Waals surface area contributed by atoms with Gasteiger partial charge in [0.2, 0.25) is 10.0 Å². The Morgan fingerprint density at radius 2 is 2.00 bits per heavy atom. The number of hydrogen-bond acceptors (Lipinski definition) is 3. The van der Waals surface area contributed by atoms with Gasteiger partial charge in [-0.1, -0.05) is 24.0 Å². The van der Waals surface area contributed by atoms with Gasteiger partial charge >= 0.3 is 6.03 Å². The number of carbonyl (C=O) groups is 1. The Morgan fingerprint density at radius 1 is 1.21 bits per heavy atom. The lowest BCUT2D eigenvalue weighted by molar-refractivity contribution is 0.120. The molecule has 0 radical (unpaired) electrons. The number of nitrogens with zero attached hydrogens (tertiary/aromatic N) is 2. The van der Waals surface area contributed by atoms with Crippen molar-refractivity contribution in [2.24, 2.45) is 5.92 Å². The van der Waals surface area contributed by atoms with Crippen LogP contribution in [0.15, 0.2) is 24.3 Å². The van der Waals surface area contributed by atoms with Gasteiger partial charge in [-0.3, -0.25) is 0 Å². The Hall–Kier alpha value is -2.04. The highest BCUT2D eigenvalue weighted by Gasteiger charge is 2.41. The Bertz CT molecular complexity index is 926. The molecule has 2 atom stereocenters. The molecular weight excluding hydrogens is 386 g/mol. The number of nitrogens with one attached hydrogen (secondary N) is 1. The van der Waals surface area contributed by atoms with Crippen LogP contribution in [0.4, 0.5) is 4.79 Å². The molecule has 156 valence electrons. The summed E-state index contributed by atoms with van der Waals surface area (Å²) in [7, 11) is -3.33. The van der Waals surface area contributed by atoms with Crippen LogP contribution in [0.2, 0.25) is 0 Å². The van der Waals surface area contributed by atoms with Crippen molar-refractivity contribution in [1.82, 2.24) is 14.5 Å². The van der Waals surface area contributed by atoms with Crippen LogP contribution in [0, 0.1) is 17.8 Å². The minimum Gasteiger partial charge on any atom is -0.325 e. The van der Waals surface area contributed by atoms with Crippen LogP contribution in [-0.4, -0.2) is 61.7 Å². The maximum atomic E-state index is 12.9. The van der Waals surface area contributed by atoms with Gasteiger partial charge in [0.15, 0.2) is 0 Å². The molecule has 0 spiro atoms. The van der Waals surface area contributed by atoms with E-state index in [-0.39, 0.29) is 23.9 Å². The van der Waals surface area contributed by atoms with Crippen LogP contribution in [0.1, 0.15) is 43.7 Å². The molecule has 2 heterocycles. The van der Waals surface area contributed by atoms with E-state index in [0.29, 0.717) is 25.3 Å². The first-order valence-electron chi connectivity index (χ1n) is 10.6. The fraction of sp³-hybridized carbons (Fsp3) is 0.591. The van der Waals surface area contributed by atoms with E-state index >= 15 is 0 Å². The number of likely N-dealkylation sites (tertiary alicyclic amines) is 2. The molecule has 29 heavy (non-hydrogen) atoms. The third-order valence-corrected chi connectivity index (χ3v) is 7.42. The SMILES string of the molecule is CCS(=O)(=O)NC1CCN(C(=O)N2CCC2)C1Cc1cccc(C#CC2CC2)c1. The first-order valence-corrected chi connectivity index (χ1v) is 12.3. The molecular formula is C22H29N3O3S. The molecule has 6 nitrogen and oxygen atoms in total. The third kappa shape index (κ3) is 4.93. The van der Waals surface area contributed by atoms with Crippen molar-refractivity contribution in [3.63, 3.8) is 0 Å². The summed E-state index contributed by atoms with van der Waals surface area (Å²) in [6, 6.07) is 7.71. The highest BCUT2D eigenvalue weighted by atomic mass is 32.2. The van der Waals surface area contributed by atoms with Gasteiger partial charge in [0, 0.05) is 37.2 Å². The topological polar surface area (TPSA) is 69.7 Å². The largest absolute Gasteiger partial charge is 0.325 e. The monoisotopic (exact) mass is 415 g/mol. The van der Waals surface area contributed by atoms with Crippen molar-refractivity contribution >= 4 is 16.1 Å². The van der Waals surface area contributed by atoms with E-state index < -0.39 is 10.0 Å². The van der Waals surface area contributed by atoms with Gasteiger partial charge in [0.1, 0.15) is 0 Å². The Kier molecular flexibility index (Phi) is 5.84. The molecule has 1 N–H and O–H groups in total. The molecule has 2 aliphatic heterocycles. The normalized spacial score (nSPS) is 24.0. The molecule has 0 aromatic heterocycles. The van der Waals surface area contributed by atoms with E-state index in [1.165, 1.54) is 12.8 Å². The van der Waals surface area contributed by atoms with Crippen molar-refractivity contribution in [2.45, 2.75) is 51.1 Å². The average Bonchev–Trinajstić information content (AvgIpc) is 3.41. The number of sulfonamides is 1. The minimum atomic E-state index is -3.33. The summed E-state index contributed by atoms with van der Waals surface area (Å²) in [5, 5.41) is 0. The zero-order valence-electron chi connectivity index (χ0n) is 16.9. The average molecular weight is 416 g/mol. The summed E-state index contributed by atoms with van der Waals surface area (Å²) in [6.07, 6.45) is 4.70. The maximum absolute atomic E-state index is 12.9. The number of amides is 2. The second-order valence-electron chi connectivity index (χ2n) is 8.25. The molecule has 0 bridgehead atoms. The van der Waals surface area contributed by atoms with E-state index in [1.54, 1.807) is 6.92 Å². The fourth-order valence-electron chi connectivity index (χ4n) is 3.91. The number of urea groups is 1. The molecule has 7 heteroatoms. The van der Waals surface area contributed by atoms with Crippen LogP contribution in [0.5, 0.6) is 0 Å². The molecule has 1 aliphatic carbocycles. The minimum absolute atomic E-state index is 0.0316. The van der Waals surface area contributed by atoms with Crippen molar-refractivity contribution in [3.8, 4) is 11.8 Å². The smallest absolute Gasteiger partial charge is 0.320 e. The van der Waals surface area contributed by atoms with Gasteiger partial charge < -0.3 is 9.80 Å². The molecule has 2 unspecified atom stereocenters. The Labute approximate surface area is 173 Å². The van der Waals surface area contributed by atoms with Crippen LogP contribution in [0.25, 0.3) is 0 Å². The number of carbonyl (C=O) groups excluding carboxylic acids is 1. The van der Waals surface area contributed by atoms with E-state index in [9.17, 15) is 13.2 Å². The van der Waals surface area contributed by atoms with Crippen molar-refractivity contribution in [3.05, 3.63) is 35.4 Å². The molecule has 4 rings (SSSR count). The van der Waals surface area contributed by atoms with E-state index in [4.69, 9.17) is 0 Å². The van der Waals surface area contributed by atoms with E-state index in [0.717, 1.165) is 30.6 Å². The number of rotatable bonds is 5. The maximum Gasteiger partial charge on any atom is 0.320 e. The summed E-state index contributed by atoms with van der Waals surface area (Å²) in [5.41, 5.74) is 2.07. The first kappa shape index (κ1) is 20.2. The molecule has 1 aromatic rings. The van der Waals surface area contributed by atoms with Crippen molar-refractivity contribution in [1.29, 1.82) is 0 Å². The lowest BCUT2D eigenvalue weighted by Crippen LogP contribution is -2.54. The molecule has 3 fully saturated rings. The van der Waals surface area contributed by atoms with Gasteiger partial charge in [-0.25, -0.2) is 17.9 Å². The summed E-state index contributed by atoms with van der Waals surface area (Å²) >= 11 is 0. The van der Waals surface area contributed by atoms with Gasteiger partial charge in [-0.05, 0) is 56.7 Å². The van der Waals surface area contributed by atoms with Crippen molar-refractivity contribution in [2.75, 3.05) is 25.4 Å². The number of benzene rings is 1. The Morgan fingerprint density at radius 3 is 2.66 bits per heavy atom. The first-order chi connectivity index (χ1) is 13.9. The second kappa shape index (κ2) is 8.37. The predicted molar refractivity (Wildman–Crippen MR) is 113 cm³/mol. The van der Waals surface area contributed by atoms with Gasteiger partial charge in [0.05, 0.1) is 11.8 Å². The lowest BCUT2D eigenvalue weighted by atomic mass is 9.99. The molecule has 3 aliphatic rings. The summed E-state index contributed by atoms with van der Waals surface area (Å²) in [4.78, 5) is 16.6. The second-order valence-corrected chi connectivity index (χ2v) is 10.3. The summed E-state index contributed by atoms with van der Waals surface area (Å²) in [6.45, 7) is 3.80. The van der Waals surface area contributed by atoms with E-state index in [2.05, 4.69) is 22.6 Å². The lowest BCUT2D eigenvalue weighted by Gasteiger charge is -2.37. The highest BCUT2D eigenvalue weighted by Crippen LogP contribution is 2.28. The van der Waals surface area contributed by atoms with Gasteiger partial charge in [-0.2, -0.15) is 0 Å². The number of hydrogen-bond donors (Lipinski definition) is 1. The van der Waals surface area contributed by atoms with Crippen LogP contribution in [0.3, 0.4) is 0 Å². The van der Waals surface area contributed by atoms with E-state index in [1.807, 2.05) is 28.0 Å². The van der Waals surface area contributed by atoms with Gasteiger partial charge in [-0.15, -0.1) is 0 Å². The molecule has 2 amide bonds. The molecule has 2 saturated heterocycles. The standard InChI is InChI=1S/C22H29N3O3S/c1-2-29(27,28)23-20-11-14-25(22(26)24-12-4-13-24)21(20)16-19-6-3-5-18(15-19)10-9-17-7-8-17/h3,5-6,15,17,20-21,23H,2,4,7-8,11-14,16H2,1H3. The van der Waals surface area contributed by atoms with Crippen LogP contribution in [-0.2, 0) is 16.4 Å². The summed E-state index contributed by atoms with van der Waals surface area (Å²) in [5.74, 6) is 7.13. The fourth-order valence-corrected chi connectivity index (χ4v) is 4.82. The zero-order valence-corrected chi connectivity index (χ0v) is 17.7. The van der Waals surface area contributed by atoms with Crippen LogP contribution < -0.4 is 4.72 Å². The highest BCUT2D eigenvalue weighted by molar-refractivity contribution is 7.89. The predicted octanol–water partition coefficient (Wildman–Crippen LogP) is 2.20. The zero-order chi connectivity index (χ0) is 20.4. The molecule has 1 aromatic carbocycles. The Balaban J connectivity index is 1.54. The molecule has 1 saturated carbocycles. The van der Waals surface area contributed by atoms with Gasteiger partial charge in [0.25, 0.3) is 0 Å². The van der Waals surface area contributed by atoms with Crippen molar-refractivity contribution < 1.29 is 13.2 Å². The van der Waals surface area contributed by atoms with Crippen LogP contribution >= 0.6 is 0 Å². The summed E-state index contributed by atoms with van der Waals surface area (Å²) < 4.78 is 27.2. The third-order valence-electron chi connectivity index (χ3n) is 6.00.